The molecule has 2 heterocycles. The van der Waals surface area contributed by atoms with Crippen molar-refractivity contribution < 1.29 is 24.3 Å². The summed E-state index contributed by atoms with van der Waals surface area (Å²) in [6.07, 6.45) is 7.39. The number of ether oxygens (including phenoxy) is 1. The highest BCUT2D eigenvalue weighted by molar-refractivity contribution is 6.31. The van der Waals surface area contributed by atoms with E-state index in [2.05, 4.69) is 37.5 Å². The highest BCUT2D eigenvalue weighted by atomic mass is 35.5. The first kappa shape index (κ1) is 29.0. The highest BCUT2D eigenvalue weighted by Gasteiger charge is 2.11. The largest absolute Gasteiger partial charge is 0.437 e. The van der Waals surface area contributed by atoms with E-state index in [4.69, 9.17) is 21.5 Å². The number of benzene rings is 1. The molecule has 13 heteroatoms. The van der Waals surface area contributed by atoms with Crippen molar-refractivity contribution in [3.63, 3.8) is 0 Å². The first-order chi connectivity index (χ1) is 18.9. The topological polar surface area (TPSA) is 167 Å². The lowest BCUT2D eigenvalue weighted by molar-refractivity contribution is -0.129. The van der Waals surface area contributed by atoms with E-state index in [9.17, 15) is 14.4 Å². The van der Waals surface area contributed by atoms with Crippen molar-refractivity contribution in [1.29, 1.82) is 0 Å². The number of unbranched alkanes of at least 4 members (excludes halogenated alkanes) is 3. The lowest BCUT2D eigenvalue weighted by Crippen LogP contribution is -2.25. The third kappa shape index (κ3) is 9.68. The molecule has 0 spiro atoms. The number of carbonyl (C=O) groups excluding carboxylic acids is 3. The van der Waals surface area contributed by atoms with Gasteiger partial charge in [-0.15, -0.1) is 0 Å². The van der Waals surface area contributed by atoms with Gasteiger partial charge >= 0.3 is 0 Å². The molecular formula is C26H28ClN7O5. The van der Waals surface area contributed by atoms with E-state index >= 15 is 0 Å². The molecule has 0 aliphatic rings. The van der Waals surface area contributed by atoms with Gasteiger partial charge in [0.25, 0.3) is 5.91 Å². The van der Waals surface area contributed by atoms with Crippen LogP contribution < -0.4 is 26.2 Å². The van der Waals surface area contributed by atoms with Crippen LogP contribution in [0.4, 0.5) is 17.3 Å². The summed E-state index contributed by atoms with van der Waals surface area (Å²) in [6, 6.07) is 9.93. The number of halogens is 1. The average Bonchev–Trinajstić information content (AvgIpc) is 2.94. The minimum absolute atomic E-state index is 0.0991. The van der Waals surface area contributed by atoms with Crippen LogP contribution >= 0.6 is 11.6 Å². The molecule has 0 unspecified atom stereocenters. The molecule has 3 amide bonds. The molecule has 0 saturated heterocycles. The van der Waals surface area contributed by atoms with E-state index in [0.717, 1.165) is 25.3 Å². The van der Waals surface area contributed by atoms with E-state index in [1.54, 1.807) is 41.9 Å². The van der Waals surface area contributed by atoms with Gasteiger partial charge in [-0.25, -0.2) is 15.4 Å². The van der Waals surface area contributed by atoms with Crippen LogP contribution in [-0.2, 0) is 9.59 Å². The van der Waals surface area contributed by atoms with Crippen molar-refractivity contribution in [3.8, 4) is 11.6 Å². The summed E-state index contributed by atoms with van der Waals surface area (Å²) in [5.41, 5.74) is 2.91. The van der Waals surface area contributed by atoms with Crippen LogP contribution in [0, 0.1) is 0 Å². The molecule has 0 atom stereocenters. The van der Waals surface area contributed by atoms with Gasteiger partial charge in [0.1, 0.15) is 16.5 Å². The molecule has 3 aromatic rings. The maximum absolute atomic E-state index is 12.3. The van der Waals surface area contributed by atoms with Crippen LogP contribution in [0.2, 0.25) is 5.02 Å². The van der Waals surface area contributed by atoms with Gasteiger partial charge in [-0.1, -0.05) is 37.1 Å². The second-order valence-corrected chi connectivity index (χ2v) is 8.59. The van der Waals surface area contributed by atoms with Crippen molar-refractivity contribution in [2.45, 2.75) is 32.1 Å². The maximum atomic E-state index is 12.3. The number of aromatic nitrogens is 3. The van der Waals surface area contributed by atoms with Crippen molar-refractivity contribution in [3.05, 3.63) is 72.2 Å². The molecule has 2 aromatic heterocycles. The fourth-order valence-corrected chi connectivity index (χ4v) is 3.40. The van der Waals surface area contributed by atoms with E-state index < -0.39 is 5.91 Å². The molecule has 204 valence electrons. The summed E-state index contributed by atoms with van der Waals surface area (Å²) in [5.74, 6) is -0.361. The Morgan fingerprint density at radius 2 is 1.85 bits per heavy atom. The Labute approximate surface area is 229 Å². The number of rotatable bonds is 14. The van der Waals surface area contributed by atoms with Gasteiger partial charge in [0.05, 0.1) is 18.1 Å². The van der Waals surface area contributed by atoms with Gasteiger partial charge in [-0.3, -0.25) is 19.6 Å². The SMILES string of the molecule is C=CC(=O)Nc1cccc(Oc2nc(Nc3ccc(C(=O)NCCCCCCC(=O)NO)nc3)ncc2Cl)c1. The smallest absolute Gasteiger partial charge is 0.269 e. The van der Waals surface area contributed by atoms with Gasteiger partial charge in [0.2, 0.25) is 23.6 Å². The molecule has 39 heavy (non-hydrogen) atoms. The predicted molar refractivity (Wildman–Crippen MR) is 145 cm³/mol. The average molecular weight is 554 g/mol. The Bertz CT molecular complexity index is 1300. The third-order valence-electron chi connectivity index (χ3n) is 5.21. The van der Waals surface area contributed by atoms with E-state index in [0.29, 0.717) is 30.1 Å². The molecule has 0 bridgehead atoms. The van der Waals surface area contributed by atoms with Crippen LogP contribution in [0.5, 0.6) is 11.6 Å². The number of carbonyl (C=O) groups is 3. The van der Waals surface area contributed by atoms with Crippen molar-refractivity contribution in [2.24, 2.45) is 0 Å². The first-order valence-corrected chi connectivity index (χ1v) is 12.4. The lowest BCUT2D eigenvalue weighted by Gasteiger charge is -2.10. The molecule has 0 aliphatic carbocycles. The minimum atomic E-state index is -0.401. The number of hydrogen-bond donors (Lipinski definition) is 5. The Morgan fingerprint density at radius 3 is 2.59 bits per heavy atom. The molecule has 5 N–H and O–H groups in total. The Kier molecular flexibility index (Phi) is 11.2. The van der Waals surface area contributed by atoms with Gasteiger partial charge in [-0.2, -0.15) is 4.98 Å². The summed E-state index contributed by atoms with van der Waals surface area (Å²) in [4.78, 5) is 47.4. The summed E-state index contributed by atoms with van der Waals surface area (Å²) >= 11 is 6.20. The van der Waals surface area contributed by atoms with Crippen molar-refractivity contribution >= 4 is 46.6 Å². The van der Waals surface area contributed by atoms with E-state index in [1.807, 2.05) is 0 Å². The van der Waals surface area contributed by atoms with Crippen LogP contribution in [0.15, 0.2) is 61.4 Å². The Morgan fingerprint density at radius 1 is 1.03 bits per heavy atom. The second-order valence-electron chi connectivity index (χ2n) is 8.18. The van der Waals surface area contributed by atoms with Crippen LogP contribution in [-0.4, -0.2) is 44.4 Å². The predicted octanol–water partition coefficient (Wildman–Crippen LogP) is 4.37. The van der Waals surface area contributed by atoms with Crippen LogP contribution in [0.3, 0.4) is 0 Å². The van der Waals surface area contributed by atoms with Gasteiger partial charge in [-0.05, 0) is 43.2 Å². The number of nitrogens with zero attached hydrogens (tertiary/aromatic N) is 3. The molecular weight excluding hydrogens is 526 g/mol. The fraction of sp³-hybridized carbons (Fsp3) is 0.231. The van der Waals surface area contributed by atoms with E-state index in [-0.39, 0.29) is 40.8 Å². The summed E-state index contributed by atoms with van der Waals surface area (Å²) in [5, 5.41) is 17.1. The Balaban J connectivity index is 1.51. The number of hydroxylamine groups is 1. The maximum Gasteiger partial charge on any atom is 0.269 e. The molecule has 0 fully saturated rings. The zero-order valence-electron chi connectivity index (χ0n) is 20.9. The highest BCUT2D eigenvalue weighted by Crippen LogP contribution is 2.29. The zero-order chi connectivity index (χ0) is 28.0. The molecule has 0 radical (unpaired) electrons. The number of anilines is 3. The standard InChI is InChI=1S/C26H28ClN7O5/c1-2-22(35)31-17-8-7-9-19(14-17)39-25-20(27)16-30-26(33-25)32-18-11-12-21(29-15-18)24(37)28-13-6-4-3-5-10-23(36)34-38/h2,7-9,11-12,14-16,38H,1,3-6,10,13H2,(H,28,37)(H,31,35)(H,34,36)(H,30,32,33). The number of nitrogens with one attached hydrogen (secondary N) is 4. The minimum Gasteiger partial charge on any atom is -0.437 e. The summed E-state index contributed by atoms with van der Waals surface area (Å²) in [7, 11) is 0. The quantitative estimate of drug-likeness (QED) is 0.0842. The normalized spacial score (nSPS) is 10.3. The van der Waals surface area contributed by atoms with Crippen molar-refractivity contribution in [1.82, 2.24) is 25.7 Å². The third-order valence-corrected chi connectivity index (χ3v) is 5.47. The van der Waals surface area contributed by atoms with Gasteiger partial charge in [0.15, 0.2) is 0 Å². The number of pyridine rings is 1. The zero-order valence-corrected chi connectivity index (χ0v) is 21.7. The monoisotopic (exact) mass is 553 g/mol. The van der Waals surface area contributed by atoms with Gasteiger partial charge in [0, 0.05) is 24.7 Å². The molecule has 0 aliphatic heterocycles. The Hall–Kier alpha value is -4.55. The molecule has 3 rings (SSSR count). The van der Waals surface area contributed by atoms with Crippen LogP contribution in [0.1, 0.15) is 42.6 Å². The second kappa shape index (κ2) is 15.0. The first-order valence-electron chi connectivity index (χ1n) is 12.1. The summed E-state index contributed by atoms with van der Waals surface area (Å²) in [6.45, 7) is 3.91. The van der Waals surface area contributed by atoms with Gasteiger partial charge < -0.3 is 20.7 Å². The lowest BCUT2D eigenvalue weighted by atomic mass is 10.1. The fourth-order valence-electron chi connectivity index (χ4n) is 3.27. The molecule has 0 saturated carbocycles. The molecule has 1 aromatic carbocycles. The van der Waals surface area contributed by atoms with Crippen LogP contribution in [0.25, 0.3) is 0 Å². The number of hydrogen-bond acceptors (Lipinski definition) is 9. The molecule has 12 nitrogen and oxygen atoms in total. The number of amides is 3. The summed E-state index contributed by atoms with van der Waals surface area (Å²) < 4.78 is 5.78. The van der Waals surface area contributed by atoms with Crippen molar-refractivity contribution in [2.75, 3.05) is 17.2 Å². The van der Waals surface area contributed by atoms with E-state index in [1.165, 1.54) is 12.4 Å².